The van der Waals surface area contributed by atoms with Crippen molar-refractivity contribution in [2.45, 2.75) is 25.8 Å². The number of hydrogen-bond donors (Lipinski definition) is 1. The van der Waals surface area contributed by atoms with E-state index in [1.54, 1.807) is 44.4 Å². The fourth-order valence-corrected chi connectivity index (χ4v) is 5.42. The Hall–Kier alpha value is -4.12. The average Bonchev–Trinajstić information content (AvgIpc) is 3.48. The number of rotatable bonds is 7. The summed E-state index contributed by atoms with van der Waals surface area (Å²) in [4.78, 5) is 36.3. The van der Waals surface area contributed by atoms with E-state index in [4.69, 9.17) is 14.2 Å². The van der Waals surface area contributed by atoms with Crippen molar-refractivity contribution in [2.75, 3.05) is 34.4 Å². The van der Waals surface area contributed by atoms with Gasteiger partial charge in [-0.1, -0.05) is 17.4 Å². The molecule has 2 aromatic carbocycles. The molecule has 2 aliphatic rings. The Balaban J connectivity index is 1.44. The lowest BCUT2D eigenvalue weighted by Gasteiger charge is -2.26. The molecule has 0 saturated carbocycles. The topological polar surface area (TPSA) is 115 Å². The first-order valence-corrected chi connectivity index (χ1v) is 13.0. The number of piperidine rings is 1. The number of aromatic hydroxyl groups is 1. The van der Waals surface area contributed by atoms with Crippen molar-refractivity contribution in [2.24, 2.45) is 9.98 Å². The largest absolute Gasteiger partial charge is 0.496 e. The van der Waals surface area contributed by atoms with Crippen molar-refractivity contribution >= 4 is 34.8 Å². The summed E-state index contributed by atoms with van der Waals surface area (Å²) in [6, 6.07) is 8.97. The highest BCUT2D eigenvalue weighted by atomic mass is 32.1. The monoisotopic (exact) mass is 536 g/mol. The molecule has 0 spiro atoms. The lowest BCUT2D eigenvalue weighted by atomic mass is 10.1. The highest BCUT2D eigenvalue weighted by Crippen LogP contribution is 2.36. The number of hydrogen-bond acceptors (Lipinski definition) is 9. The van der Waals surface area contributed by atoms with Crippen LogP contribution in [0, 0.1) is 0 Å². The fraction of sp³-hybridized carbons (Fsp3) is 0.333. The average molecular weight is 537 g/mol. The van der Waals surface area contributed by atoms with Gasteiger partial charge in [-0.3, -0.25) is 14.2 Å². The van der Waals surface area contributed by atoms with E-state index in [1.165, 1.54) is 0 Å². The van der Waals surface area contributed by atoms with Crippen LogP contribution in [0.5, 0.6) is 23.1 Å². The number of thiazole rings is 1. The number of amides is 1. The van der Waals surface area contributed by atoms with Gasteiger partial charge in [0.25, 0.3) is 0 Å². The summed E-state index contributed by atoms with van der Waals surface area (Å²) in [6.07, 6.45) is 4.73. The number of carbonyl (C=O) groups is 1. The molecule has 38 heavy (non-hydrogen) atoms. The number of benzene rings is 2. The maximum Gasteiger partial charge on any atom is 0.311 e. The minimum Gasteiger partial charge on any atom is -0.496 e. The van der Waals surface area contributed by atoms with E-state index in [0.29, 0.717) is 57.7 Å². The molecular weight excluding hydrogens is 508 g/mol. The summed E-state index contributed by atoms with van der Waals surface area (Å²) >= 11 is 0.897. The van der Waals surface area contributed by atoms with E-state index in [2.05, 4.69) is 9.98 Å². The SMILES string of the molecule is COc1cc(OC)c(C2=Nc3c/c(=C/c4sc(=O)n(CC(=O)N5CCCCC5)c4O)ccc3=N2)cc1OC. The van der Waals surface area contributed by atoms with E-state index in [9.17, 15) is 14.7 Å². The third-order valence-corrected chi connectivity index (χ3v) is 7.51. The molecule has 5 rings (SSSR count). The van der Waals surface area contributed by atoms with Gasteiger partial charge in [0.05, 0.1) is 42.8 Å². The van der Waals surface area contributed by atoms with Gasteiger partial charge in [-0.2, -0.15) is 0 Å². The summed E-state index contributed by atoms with van der Waals surface area (Å²) in [6.45, 7) is 1.21. The Labute approximate surface area is 222 Å². The molecule has 1 aromatic heterocycles. The van der Waals surface area contributed by atoms with Crippen LogP contribution in [-0.4, -0.2) is 60.7 Å². The van der Waals surface area contributed by atoms with Gasteiger partial charge < -0.3 is 24.2 Å². The normalized spacial score (nSPS) is 15.1. The quantitative estimate of drug-likeness (QED) is 0.495. The van der Waals surface area contributed by atoms with Crippen LogP contribution in [0.25, 0.3) is 6.08 Å². The van der Waals surface area contributed by atoms with Crippen LogP contribution in [0.3, 0.4) is 0 Å². The maximum atomic E-state index is 12.6. The molecule has 1 N–H and O–H groups in total. The van der Waals surface area contributed by atoms with Gasteiger partial charge in [-0.05, 0) is 48.8 Å². The van der Waals surface area contributed by atoms with Crippen molar-refractivity contribution < 1.29 is 24.1 Å². The van der Waals surface area contributed by atoms with Crippen LogP contribution in [0.1, 0.15) is 29.7 Å². The lowest BCUT2D eigenvalue weighted by Crippen LogP contribution is -2.38. The summed E-state index contributed by atoms with van der Waals surface area (Å²) in [7, 11) is 4.67. The van der Waals surface area contributed by atoms with Gasteiger partial charge in [-0.15, -0.1) is 0 Å². The van der Waals surface area contributed by atoms with Crippen molar-refractivity contribution in [3.63, 3.8) is 0 Å². The van der Waals surface area contributed by atoms with Crippen molar-refractivity contribution in [3.8, 4) is 23.1 Å². The minimum absolute atomic E-state index is 0.155. The van der Waals surface area contributed by atoms with E-state index in [-0.39, 0.29) is 23.2 Å². The smallest absolute Gasteiger partial charge is 0.311 e. The minimum atomic E-state index is -0.379. The second kappa shape index (κ2) is 10.7. The van der Waals surface area contributed by atoms with Gasteiger partial charge in [-0.25, -0.2) is 9.98 Å². The van der Waals surface area contributed by atoms with E-state index in [1.807, 2.05) is 18.2 Å². The van der Waals surface area contributed by atoms with Gasteiger partial charge in [0.15, 0.2) is 17.3 Å². The van der Waals surface area contributed by atoms with Crippen molar-refractivity contribution in [1.29, 1.82) is 0 Å². The molecular formula is C27H28N4O6S. The number of methoxy groups -OCH3 is 3. The van der Waals surface area contributed by atoms with Gasteiger partial charge >= 0.3 is 4.87 Å². The first-order chi connectivity index (χ1) is 18.4. The van der Waals surface area contributed by atoms with Crippen LogP contribution >= 0.6 is 11.3 Å². The Morgan fingerprint density at radius 2 is 1.71 bits per heavy atom. The number of fused-ring (bicyclic) bond motifs is 1. The summed E-state index contributed by atoms with van der Waals surface area (Å²) < 4.78 is 17.4. The van der Waals surface area contributed by atoms with Crippen LogP contribution in [-0.2, 0) is 11.3 Å². The third kappa shape index (κ3) is 4.89. The Bertz CT molecular complexity index is 1600. The molecule has 2 aliphatic heterocycles. The number of amidine groups is 1. The number of carbonyl (C=O) groups excluding carboxylic acids is 1. The van der Waals surface area contributed by atoms with Crippen LogP contribution in [0.4, 0.5) is 5.69 Å². The highest BCUT2D eigenvalue weighted by Gasteiger charge is 2.22. The fourth-order valence-electron chi connectivity index (χ4n) is 4.57. The summed E-state index contributed by atoms with van der Waals surface area (Å²) in [5.41, 5.74) is 1.29. The number of nitrogens with zero attached hydrogens (tertiary/aromatic N) is 4. The Kier molecular flexibility index (Phi) is 7.19. The Morgan fingerprint density at radius 1 is 1.00 bits per heavy atom. The zero-order valence-electron chi connectivity index (χ0n) is 21.4. The van der Waals surface area contributed by atoms with Gasteiger partial charge in [0, 0.05) is 19.2 Å². The molecule has 10 nitrogen and oxygen atoms in total. The number of aliphatic imine (C=N–C) groups is 1. The molecule has 0 aliphatic carbocycles. The molecule has 1 amide bonds. The van der Waals surface area contributed by atoms with E-state index >= 15 is 0 Å². The summed E-state index contributed by atoms with van der Waals surface area (Å²) in [5, 5.41) is 12.1. The molecule has 3 aromatic rings. The number of ether oxygens (including phenoxy) is 3. The first-order valence-electron chi connectivity index (χ1n) is 12.2. The molecule has 1 saturated heterocycles. The molecule has 198 valence electrons. The molecule has 0 atom stereocenters. The lowest BCUT2D eigenvalue weighted by molar-refractivity contribution is -0.132. The molecule has 0 bridgehead atoms. The molecule has 11 heteroatoms. The highest BCUT2D eigenvalue weighted by molar-refractivity contribution is 7.10. The van der Waals surface area contributed by atoms with Crippen LogP contribution in [0.2, 0.25) is 0 Å². The van der Waals surface area contributed by atoms with Crippen LogP contribution in [0.15, 0.2) is 45.1 Å². The summed E-state index contributed by atoms with van der Waals surface area (Å²) in [5.74, 6) is 1.70. The van der Waals surface area contributed by atoms with E-state index < -0.39 is 0 Å². The van der Waals surface area contributed by atoms with Crippen molar-refractivity contribution in [1.82, 2.24) is 9.47 Å². The van der Waals surface area contributed by atoms with Gasteiger partial charge in [0.2, 0.25) is 11.8 Å². The number of aromatic nitrogens is 1. The predicted octanol–water partition coefficient (Wildman–Crippen LogP) is 2.19. The van der Waals surface area contributed by atoms with Gasteiger partial charge in [0.1, 0.15) is 12.3 Å². The molecule has 0 unspecified atom stereocenters. The molecule has 3 heterocycles. The van der Waals surface area contributed by atoms with Crippen LogP contribution < -0.4 is 29.7 Å². The molecule has 0 radical (unpaired) electrons. The van der Waals surface area contributed by atoms with Crippen molar-refractivity contribution in [3.05, 3.63) is 61.0 Å². The second-order valence-electron chi connectivity index (χ2n) is 8.93. The second-order valence-corrected chi connectivity index (χ2v) is 9.92. The standard InChI is InChI=1S/C27H28N4O6S/c1-35-20-14-22(37-3)21(36-2)13-17(20)25-28-18-8-7-16(11-19(18)29-25)12-23-26(33)31(27(34)38-23)15-24(32)30-9-5-4-6-10-30/h7-8,11-14,33H,4-6,9-10,15H2,1-3H3/b16-12+. The predicted molar refractivity (Wildman–Crippen MR) is 144 cm³/mol. The maximum absolute atomic E-state index is 12.6. The van der Waals surface area contributed by atoms with E-state index in [0.717, 1.165) is 40.4 Å². The number of likely N-dealkylation sites (tertiary alicyclic amines) is 1. The zero-order valence-corrected chi connectivity index (χ0v) is 22.2. The first kappa shape index (κ1) is 25.5. The third-order valence-electron chi connectivity index (χ3n) is 6.59. The molecule has 1 fully saturated rings. The Morgan fingerprint density at radius 3 is 2.42 bits per heavy atom. The zero-order chi connectivity index (χ0) is 26.8.